The zero-order valence-corrected chi connectivity index (χ0v) is 16.9. The van der Waals surface area contributed by atoms with E-state index in [1.54, 1.807) is 0 Å². The molecule has 4 rings (SSSR count). The van der Waals surface area contributed by atoms with Crippen molar-refractivity contribution in [3.63, 3.8) is 0 Å². The van der Waals surface area contributed by atoms with Crippen molar-refractivity contribution in [1.29, 1.82) is 0 Å². The van der Waals surface area contributed by atoms with Crippen molar-refractivity contribution in [2.75, 3.05) is 0 Å². The van der Waals surface area contributed by atoms with E-state index in [0.29, 0.717) is 12.3 Å². The first-order valence-electron chi connectivity index (χ1n) is 10.3. The lowest BCUT2D eigenvalue weighted by Crippen LogP contribution is -2.27. The Balaban J connectivity index is 1.33. The average Bonchev–Trinajstić information content (AvgIpc) is 3.20. The summed E-state index contributed by atoms with van der Waals surface area (Å²) in [5.74, 6) is -0.918. The summed E-state index contributed by atoms with van der Waals surface area (Å²) in [7, 11) is 0. The first kappa shape index (κ1) is 20.3. The van der Waals surface area contributed by atoms with Crippen molar-refractivity contribution in [2.45, 2.75) is 51.5 Å². The number of rotatable bonds is 6. The Labute approximate surface area is 174 Å². The molecular weight excluding hydrogens is 386 g/mol. The van der Waals surface area contributed by atoms with Crippen molar-refractivity contribution in [3.05, 3.63) is 76.8 Å². The van der Waals surface area contributed by atoms with E-state index in [0.717, 1.165) is 30.5 Å². The zero-order valence-electron chi connectivity index (χ0n) is 16.9. The SMILES string of the molecule is C[C@H](NC(=O)CCc1ncc(-c2ccc(F)cc2F)o1)c1ccc2c(c1)CCCC2. The average molecular weight is 410 g/mol. The molecule has 1 aliphatic carbocycles. The highest BCUT2D eigenvalue weighted by Crippen LogP contribution is 2.26. The summed E-state index contributed by atoms with van der Waals surface area (Å²) >= 11 is 0. The van der Waals surface area contributed by atoms with Crippen LogP contribution in [0.1, 0.15) is 54.8 Å². The number of aryl methyl sites for hydroxylation is 3. The van der Waals surface area contributed by atoms with Crippen LogP contribution in [0.2, 0.25) is 0 Å². The van der Waals surface area contributed by atoms with Gasteiger partial charge in [-0.2, -0.15) is 0 Å². The molecule has 0 spiro atoms. The summed E-state index contributed by atoms with van der Waals surface area (Å²) in [6, 6.07) is 9.66. The van der Waals surface area contributed by atoms with E-state index >= 15 is 0 Å². The first-order chi connectivity index (χ1) is 14.5. The molecule has 1 atom stereocenters. The number of nitrogens with zero attached hydrogens (tertiary/aromatic N) is 1. The van der Waals surface area contributed by atoms with Crippen LogP contribution in [0.4, 0.5) is 8.78 Å². The largest absolute Gasteiger partial charge is 0.441 e. The van der Waals surface area contributed by atoms with Crippen LogP contribution in [0.5, 0.6) is 0 Å². The van der Waals surface area contributed by atoms with Crippen LogP contribution < -0.4 is 5.32 Å². The van der Waals surface area contributed by atoms with Gasteiger partial charge in [0.25, 0.3) is 0 Å². The van der Waals surface area contributed by atoms with E-state index in [1.807, 2.05) is 6.92 Å². The number of carbonyl (C=O) groups excluding carboxylic acids is 1. The number of nitrogens with one attached hydrogen (secondary N) is 1. The molecule has 6 heteroatoms. The van der Waals surface area contributed by atoms with Crippen molar-refractivity contribution in [1.82, 2.24) is 10.3 Å². The second-order valence-corrected chi connectivity index (χ2v) is 7.77. The molecule has 1 heterocycles. The minimum absolute atomic E-state index is 0.0850. The third kappa shape index (κ3) is 4.58. The zero-order chi connectivity index (χ0) is 21.1. The lowest BCUT2D eigenvalue weighted by molar-refractivity contribution is -0.121. The molecule has 1 N–H and O–H groups in total. The van der Waals surface area contributed by atoms with E-state index in [-0.39, 0.29) is 29.7 Å². The maximum atomic E-state index is 13.9. The molecular formula is C24H24F2N2O2. The smallest absolute Gasteiger partial charge is 0.220 e. The van der Waals surface area contributed by atoms with E-state index < -0.39 is 11.6 Å². The van der Waals surface area contributed by atoms with Gasteiger partial charge in [0.05, 0.1) is 17.8 Å². The fourth-order valence-electron chi connectivity index (χ4n) is 3.88. The summed E-state index contributed by atoms with van der Waals surface area (Å²) in [5, 5.41) is 3.02. The van der Waals surface area contributed by atoms with Crippen molar-refractivity contribution >= 4 is 5.91 Å². The predicted molar refractivity (Wildman–Crippen MR) is 110 cm³/mol. The maximum absolute atomic E-state index is 13.9. The fraction of sp³-hybridized carbons (Fsp3) is 0.333. The van der Waals surface area contributed by atoms with Gasteiger partial charge in [-0.25, -0.2) is 13.8 Å². The molecule has 30 heavy (non-hydrogen) atoms. The molecule has 156 valence electrons. The molecule has 0 aliphatic heterocycles. The Hall–Kier alpha value is -3.02. The minimum atomic E-state index is -0.714. The van der Waals surface area contributed by atoms with Gasteiger partial charge in [-0.05, 0) is 61.4 Å². The monoisotopic (exact) mass is 410 g/mol. The van der Waals surface area contributed by atoms with Gasteiger partial charge in [0.2, 0.25) is 5.91 Å². The van der Waals surface area contributed by atoms with Crippen molar-refractivity contribution < 1.29 is 18.0 Å². The second kappa shape index (κ2) is 8.78. The molecule has 0 saturated heterocycles. The van der Waals surface area contributed by atoms with Gasteiger partial charge in [0, 0.05) is 18.9 Å². The third-order valence-electron chi connectivity index (χ3n) is 5.57. The summed E-state index contributed by atoms with van der Waals surface area (Å²) in [6.07, 6.45) is 6.60. The fourth-order valence-corrected chi connectivity index (χ4v) is 3.88. The van der Waals surface area contributed by atoms with Gasteiger partial charge in [-0.1, -0.05) is 18.2 Å². The molecule has 0 saturated carbocycles. The highest BCUT2D eigenvalue weighted by molar-refractivity contribution is 5.76. The second-order valence-electron chi connectivity index (χ2n) is 7.77. The normalized spacial score (nSPS) is 14.2. The summed E-state index contributed by atoms with van der Waals surface area (Å²) in [4.78, 5) is 16.5. The minimum Gasteiger partial charge on any atom is -0.441 e. The third-order valence-corrected chi connectivity index (χ3v) is 5.57. The van der Waals surface area contributed by atoms with Crippen LogP contribution >= 0.6 is 0 Å². The van der Waals surface area contributed by atoms with E-state index in [1.165, 1.54) is 36.2 Å². The van der Waals surface area contributed by atoms with Crippen molar-refractivity contribution in [2.24, 2.45) is 0 Å². The van der Waals surface area contributed by atoms with Crippen molar-refractivity contribution in [3.8, 4) is 11.3 Å². The van der Waals surface area contributed by atoms with Crippen LogP contribution in [-0.4, -0.2) is 10.9 Å². The number of carbonyl (C=O) groups is 1. The molecule has 1 amide bonds. The number of amides is 1. The van der Waals surface area contributed by atoms with Crippen LogP contribution in [0.15, 0.2) is 47.0 Å². The van der Waals surface area contributed by atoms with Crippen LogP contribution in [-0.2, 0) is 24.1 Å². The molecule has 3 aromatic rings. The molecule has 4 nitrogen and oxygen atoms in total. The quantitative estimate of drug-likeness (QED) is 0.599. The highest BCUT2D eigenvalue weighted by atomic mass is 19.1. The molecule has 1 aliphatic rings. The Bertz CT molecular complexity index is 1060. The van der Waals surface area contributed by atoms with Gasteiger partial charge >= 0.3 is 0 Å². The Kier molecular flexibility index (Phi) is 5.93. The van der Waals surface area contributed by atoms with E-state index in [2.05, 4.69) is 28.5 Å². The first-order valence-corrected chi connectivity index (χ1v) is 10.3. The molecule has 0 unspecified atom stereocenters. The van der Waals surface area contributed by atoms with Crippen LogP contribution in [0, 0.1) is 11.6 Å². The Morgan fingerprint density at radius 2 is 1.93 bits per heavy atom. The molecule has 2 aromatic carbocycles. The van der Waals surface area contributed by atoms with Gasteiger partial charge in [0.15, 0.2) is 11.7 Å². The number of hydrogen-bond donors (Lipinski definition) is 1. The Morgan fingerprint density at radius 3 is 2.73 bits per heavy atom. The van der Waals surface area contributed by atoms with Gasteiger partial charge in [-0.3, -0.25) is 4.79 Å². The number of hydrogen-bond acceptors (Lipinski definition) is 3. The van der Waals surface area contributed by atoms with Gasteiger partial charge < -0.3 is 9.73 Å². The van der Waals surface area contributed by atoms with E-state index in [4.69, 9.17) is 4.42 Å². The highest BCUT2D eigenvalue weighted by Gasteiger charge is 2.16. The predicted octanol–water partition coefficient (Wildman–Crippen LogP) is 5.31. The number of halogens is 2. The number of oxazole rings is 1. The number of benzene rings is 2. The summed E-state index contributed by atoms with van der Waals surface area (Å²) in [5.41, 5.74) is 4.05. The Morgan fingerprint density at radius 1 is 1.13 bits per heavy atom. The van der Waals surface area contributed by atoms with Crippen LogP contribution in [0.25, 0.3) is 11.3 Å². The van der Waals surface area contributed by atoms with Gasteiger partial charge in [0.1, 0.15) is 11.6 Å². The summed E-state index contributed by atoms with van der Waals surface area (Å²) < 4.78 is 32.5. The van der Waals surface area contributed by atoms with Gasteiger partial charge in [-0.15, -0.1) is 0 Å². The number of aromatic nitrogens is 1. The molecule has 1 aromatic heterocycles. The lowest BCUT2D eigenvalue weighted by atomic mass is 9.89. The number of fused-ring (bicyclic) bond motifs is 1. The molecule has 0 bridgehead atoms. The standard InChI is InChI=1S/C24H24F2N2O2/c1-15(17-7-6-16-4-2-3-5-18(16)12-17)28-23(29)10-11-24-27-14-22(30-24)20-9-8-19(25)13-21(20)26/h6-9,12-15H,2-5,10-11H2,1H3,(H,28,29)/t15-/m0/s1. The topological polar surface area (TPSA) is 55.1 Å². The van der Waals surface area contributed by atoms with Crippen LogP contribution in [0.3, 0.4) is 0 Å². The maximum Gasteiger partial charge on any atom is 0.220 e. The lowest BCUT2D eigenvalue weighted by Gasteiger charge is -2.20. The molecule has 0 radical (unpaired) electrons. The summed E-state index contributed by atoms with van der Waals surface area (Å²) in [6.45, 7) is 1.98. The molecule has 0 fully saturated rings. The van der Waals surface area contributed by atoms with E-state index in [9.17, 15) is 13.6 Å².